The number of phenolic OH excluding ortho intramolecular Hbond substituents is 2. The van der Waals surface area contributed by atoms with Crippen molar-refractivity contribution >= 4 is 15.9 Å². The van der Waals surface area contributed by atoms with E-state index in [-0.39, 0.29) is 11.5 Å². The topological polar surface area (TPSA) is 52.5 Å². The minimum absolute atomic E-state index is 0.0203. The number of hydrogen-bond donors (Lipinski definition) is 3. The smallest absolute Gasteiger partial charge is 0.161 e. The maximum absolute atomic E-state index is 9.78. The molecule has 1 aliphatic rings. The van der Waals surface area contributed by atoms with Crippen LogP contribution in [0.3, 0.4) is 0 Å². The van der Waals surface area contributed by atoms with Gasteiger partial charge in [-0.15, -0.1) is 0 Å². The Hall–Kier alpha value is -0.740. The lowest BCUT2D eigenvalue weighted by atomic mass is 9.91. The third kappa shape index (κ3) is 2.26. The molecule has 1 atom stereocenters. The van der Waals surface area contributed by atoms with E-state index in [2.05, 4.69) is 21.2 Å². The zero-order chi connectivity index (χ0) is 10.8. The van der Waals surface area contributed by atoms with Gasteiger partial charge < -0.3 is 15.5 Å². The number of piperidine rings is 1. The van der Waals surface area contributed by atoms with Gasteiger partial charge in [0, 0.05) is 22.5 Å². The van der Waals surface area contributed by atoms with Gasteiger partial charge in [0.25, 0.3) is 0 Å². The number of aromatic hydroxyl groups is 2. The Labute approximate surface area is 97.3 Å². The molecule has 0 aromatic heterocycles. The maximum Gasteiger partial charge on any atom is 0.161 e. The van der Waals surface area contributed by atoms with E-state index in [0.717, 1.165) is 36.0 Å². The van der Waals surface area contributed by atoms with Crippen molar-refractivity contribution in [3.8, 4) is 11.5 Å². The number of hydrogen-bond acceptors (Lipinski definition) is 3. The second-order valence-corrected chi connectivity index (χ2v) is 4.82. The van der Waals surface area contributed by atoms with E-state index >= 15 is 0 Å². The van der Waals surface area contributed by atoms with Gasteiger partial charge in [0.05, 0.1) is 0 Å². The zero-order valence-corrected chi connectivity index (χ0v) is 9.92. The first kappa shape index (κ1) is 10.8. The first-order valence-electron chi connectivity index (χ1n) is 5.10. The van der Waals surface area contributed by atoms with Crippen LogP contribution < -0.4 is 5.32 Å². The molecule has 3 nitrogen and oxygen atoms in total. The lowest BCUT2D eigenvalue weighted by Gasteiger charge is -2.24. The van der Waals surface area contributed by atoms with Crippen LogP contribution in [0.1, 0.15) is 24.3 Å². The Morgan fingerprint density at radius 2 is 2.13 bits per heavy atom. The number of benzene rings is 1. The van der Waals surface area contributed by atoms with E-state index in [0.29, 0.717) is 5.92 Å². The number of halogens is 1. The Bertz CT molecular complexity index is 362. The Morgan fingerprint density at radius 3 is 2.80 bits per heavy atom. The van der Waals surface area contributed by atoms with E-state index in [4.69, 9.17) is 0 Å². The molecule has 0 aliphatic carbocycles. The van der Waals surface area contributed by atoms with Crippen molar-refractivity contribution in [2.75, 3.05) is 13.1 Å². The zero-order valence-electron chi connectivity index (χ0n) is 8.33. The first-order valence-corrected chi connectivity index (χ1v) is 5.90. The predicted octanol–water partition coefficient (Wildman–Crippen LogP) is 2.33. The standard InChI is InChI=1S/C11H14BrNO2/c12-8-4-9(11(15)10(14)5-8)7-2-1-3-13-6-7/h4-5,7,13-15H,1-3,6H2. The third-order valence-electron chi connectivity index (χ3n) is 2.82. The highest BCUT2D eigenvalue weighted by Crippen LogP contribution is 2.38. The van der Waals surface area contributed by atoms with Crippen LogP contribution in [0.5, 0.6) is 11.5 Å². The molecule has 1 fully saturated rings. The molecule has 0 amide bonds. The normalized spacial score (nSPS) is 21.5. The molecule has 2 rings (SSSR count). The van der Waals surface area contributed by atoms with Crippen LogP contribution in [0.15, 0.2) is 16.6 Å². The molecule has 0 radical (unpaired) electrons. The second-order valence-electron chi connectivity index (χ2n) is 3.91. The highest BCUT2D eigenvalue weighted by atomic mass is 79.9. The highest BCUT2D eigenvalue weighted by Gasteiger charge is 2.20. The quantitative estimate of drug-likeness (QED) is 0.688. The lowest BCUT2D eigenvalue weighted by molar-refractivity contribution is 0.385. The molecule has 1 heterocycles. The molecule has 1 aromatic carbocycles. The summed E-state index contributed by atoms with van der Waals surface area (Å²) in [6, 6.07) is 3.39. The fourth-order valence-electron chi connectivity index (χ4n) is 2.03. The molecule has 0 saturated carbocycles. The summed E-state index contributed by atoms with van der Waals surface area (Å²) in [6.07, 6.45) is 2.16. The van der Waals surface area contributed by atoms with Crippen molar-refractivity contribution in [1.29, 1.82) is 0 Å². The van der Waals surface area contributed by atoms with Crippen LogP contribution in [0, 0.1) is 0 Å². The number of nitrogens with one attached hydrogen (secondary N) is 1. The summed E-state index contributed by atoms with van der Waals surface area (Å²) in [5.41, 5.74) is 0.828. The van der Waals surface area contributed by atoms with Crippen molar-refractivity contribution in [2.24, 2.45) is 0 Å². The van der Waals surface area contributed by atoms with Gasteiger partial charge in [-0.2, -0.15) is 0 Å². The van der Waals surface area contributed by atoms with E-state index in [9.17, 15) is 10.2 Å². The minimum Gasteiger partial charge on any atom is -0.504 e. The average molecular weight is 272 g/mol. The van der Waals surface area contributed by atoms with E-state index in [1.807, 2.05) is 6.07 Å². The van der Waals surface area contributed by atoms with Crippen LogP contribution in [0.4, 0.5) is 0 Å². The van der Waals surface area contributed by atoms with Crippen molar-refractivity contribution < 1.29 is 10.2 Å². The Balaban J connectivity index is 2.33. The van der Waals surface area contributed by atoms with E-state index in [1.165, 1.54) is 6.07 Å². The molecule has 1 aromatic rings. The Morgan fingerprint density at radius 1 is 1.33 bits per heavy atom. The molecular formula is C11H14BrNO2. The summed E-state index contributed by atoms with van der Waals surface area (Å²) < 4.78 is 0.804. The van der Waals surface area contributed by atoms with Gasteiger partial charge >= 0.3 is 0 Å². The molecule has 0 bridgehead atoms. The summed E-state index contributed by atoms with van der Waals surface area (Å²) in [6.45, 7) is 1.90. The summed E-state index contributed by atoms with van der Waals surface area (Å²) in [5, 5.41) is 22.6. The van der Waals surface area contributed by atoms with Gasteiger partial charge in [0.1, 0.15) is 0 Å². The minimum atomic E-state index is -0.0510. The SMILES string of the molecule is Oc1cc(Br)cc(C2CCCNC2)c1O. The molecule has 1 saturated heterocycles. The first-order chi connectivity index (χ1) is 7.18. The van der Waals surface area contributed by atoms with Gasteiger partial charge in [0.15, 0.2) is 11.5 Å². The van der Waals surface area contributed by atoms with Crippen molar-refractivity contribution in [3.63, 3.8) is 0 Å². The van der Waals surface area contributed by atoms with E-state index < -0.39 is 0 Å². The van der Waals surface area contributed by atoms with Gasteiger partial charge in [0.2, 0.25) is 0 Å². The summed E-state index contributed by atoms with van der Waals surface area (Å²) in [7, 11) is 0. The summed E-state index contributed by atoms with van der Waals surface area (Å²) in [5.74, 6) is 0.263. The lowest BCUT2D eigenvalue weighted by Crippen LogP contribution is -2.28. The number of rotatable bonds is 1. The maximum atomic E-state index is 9.78. The third-order valence-corrected chi connectivity index (χ3v) is 3.28. The molecule has 1 unspecified atom stereocenters. The molecule has 82 valence electrons. The molecular weight excluding hydrogens is 258 g/mol. The average Bonchev–Trinajstić information content (AvgIpc) is 2.24. The molecule has 3 N–H and O–H groups in total. The Kier molecular flexibility index (Phi) is 3.17. The van der Waals surface area contributed by atoms with Crippen molar-refractivity contribution in [1.82, 2.24) is 5.32 Å². The molecule has 1 aliphatic heterocycles. The van der Waals surface area contributed by atoms with Crippen molar-refractivity contribution in [3.05, 3.63) is 22.2 Å². The van der Waals surface area contributed by atoms with Crippen LogP contribution in [0.2, 0.25) is 0 Å². The number of phenols is 2. The van der Waals surface area contributed by atoms with Gasteiger partial charge in [-0.1, -0.05) is 15.9 Å². The van der Waals surface area contributed by atoms with Gasteiger partial charge in [-0.3, -0.25) is 0 Å². The van der Waals surface area contributed by atoms with Crippen LogP contribution in [0.25, 0.3) is 0 Å². The van der Waals surface area contributed by atoms with E-state index in [1.54, 1.807) is 0 Å². The second kappa shape index (κ2) is 4.41. The van der Waals surface area contributed by atoms with Crippen molar-refractivity contribution in [2.45, 2.75) is 18.8 Å². The monoisotopic (exact) mass is 271 g/mol. The summed E-state index contributed by atoms with van der Waals surface area (Å²) in [4.78, 5) is 0. The van der Waals surface area contributed by atoms with Crippen LogP contribution >= 0.6 is 15.9 Å². The molecule has 15 heavy (non-hydrogen) atoms. The predicted molar refractivity (Wildman–Crippen MR) is 62.3 cm³/mol. The van der Waals surface area contributed by atoms with Gasteiger partial charge in [-0.05, 0) is 31.5 Å². The molecule has 0 spiro atoms. The largest absolute Gasteiger partial charge is 0.504 e. The fraction of sp³-hybridized carbons (Fsp3) is 0.455. The van der Waals surface area contributed by atoms with Crippen LogP contribution in [-0.4, -0.2) is 23.3 Å². The van der Waals surface area contributed by atoms with Crippen LogP contribution in [-0.2, 0) is 0 Å². The fourth-order valence-corrected chi connectivity index (χ4v) is 2.50. The molecule has 4 heteroatoms. The van der Waals surface area contributed by atoms with Gasteiger partial charge in [-0.25, -0.2) is 0 Å². The summed E-state index contributed by atoms with van der Waals surface area (Å²) >= 11 is 3.32. The highest BCUT2D eigenvalue weighted by molar-refractivity contribution is 9.10.